The third-order valence-electron chi connectivity index (χ3n) is 2.59. The van der Waals surface area contributed by atoms with E-state index in [1.807, 2.05) is 0 Å². The summed E-state index contributed by atoms with van der Waals surface area (Å²) in [5.74, 6) is -1.03. The van der Waals surface area contributed by atoms with Gasteiger partial charge in [0.05, 0.1) is 11.0 Å². The molecule has 0 unspecified atom stereocenters. The Bertz CT molecular complexity index is 467. The number of rotatable bonds is 3. The van der Waals surface area contributed by atoms with Gasteiger partial charge in [-0.3, -0.25) is 4.79 Å². The topological polar surface area (TPSA) is 37.3 Å². The Morgan fingerprint density at radius 3 is 2.28 bits per heavy atom. The van der Waals surface area contributed by atoms with Crippen molar-refractivity contribution in [2.75, 3.05) is 0 Å². The van der Waals surface area contributed by atoms with Crippen molar-refractivity contribution in [1.82, 2.24) is 0 Å². The van der Waals surface area contributed by atoms with E-state index in [1.54, 1.807) is 0 Å². The summed E-state index contributed by atoms with van der Waals surface area (Å²) in [4.78, 5) is 10.9. The van der Waals surface area contributed by atoms with Crippen molar-refractivity contribution >= 4 is 17.6 Å². The van der Waals surface area contributed by atoms with Gasteiger partial charge in [-0.1, -0.05) is 17.7 Å². The van der Waals surface area contributed by atoms with Gasteiger partial charge in [-0.25, -0.2) is 0 Å². The zero-order valence-corrected chi connectivity index (χ0v) is 10.6. The number of carbonyl (C=O) groups is 1. The molecule has 0 spiro atoms. The van der Waals surface area contributed by atoms with Crippen LogP contribution in [0.25, 0.3) is 0 Å². The normalized spacial score (nSPS) is 12.6. The predicted octanol–water partition coefficient (Wildman–Crippen LogP) is 4.01. The average molecular weight is 281 g/mol. The zero-order valence-electron chi connectivity index (χ0n) is 9.81. The standard InChI is InChI=1S/C12H12ClF3O2/c1-11(2,10(17)18)6-7-3-4-8(5-9(7)13)12(14,15)16/h3-5H,6H2,1-2H3,(H,17,18). The van der Waals surface area contributed by atoms with Gasteiger partial charge in [0.25, 0.3) is 0 Å². The Morgan fingerprint density at radius 2 is 1.89 bits per heavy atom. The fourth-order valence-corrected chi connectivity index (χ4v) is 1.67. The van der Waals surface area contributed by atoms with Gasteiger partial charge in [-0.2, -0.15) is 13.2 Å². The second kappa shape index (κ2) is 4.80. The van der Waals surface area contributed by atoms with Gasteiger partial charge >= 0.3 is 12.1 Å². The predicted molar refractivity (Wildman–Crippen MR) is 61.6 cm³/mol. The summed E-state index contributed by atoms with van der Waals surface area (Å²) < 4.78 is 37.2. The van der Waals surface area contributed by atoms with E-state index in [0.717, 1.165) is 12.1 Å². The Morgan fingerprint density at radius 1 is 1.33 bits per heavy atom. The molecule has 0 aromatic heterocycles. The number of carboxylic acid groups (broad SMARTS) is 1. The van der Waals surface area contributed by atoms with Gasteiger partial charge < -0.3 is 5.11 Å². The number of aliphatic carboxylic acids is 1. The molecule has 0 heterocycles. The maximum absolute atomic E-state index is 12.4. The molecule has 1 N–H and O–H groups in total. The maximum atomic E-state index is 12.4. The lowest BCUT2D eigenvalue weighted by Gasteiger charge is -2.20. The van der Waals surface area contributed by atoms with Gasteiger partial charge in [-0.15, -0.1) is 0 Å². The van der Waals surface area contributed by atoms with E-state index in [1.165, 1.54) is 19.9 Å². The Kier molecular flexibility index (Phi) is 3.96. The lowest BCUT2D eigenvalue weighted by molar-refractivity contribution is -0.146. The molecule has 0 radical (unpaired) electrons. The third-order valence-corrected chi connectivity index (χ3v) is 2.94. The molecule has 1 aromatic carbocycles. The Hall–Kier alpha value is -1.23. The number of benzene rings is 1. The molecule has 100 valence electrons. The van der Waals surface area contributed by atoms with Gasteiger partial charge in [0.1, 0.15) is 0 Å². The SMILES string of the molecule is CC(C)(Cc1ccc(C(F)(F)F)cc1Cl)C(=O)O. The molecule has 0 aliphatic rings. The highest BCUT2D eigenvalue weighted by molar-refractivity contribution is 6.31. The van der Waals surface area contributed by atoms with Crippen molar-refractivity contribution in [3.63, 3.8) is 0 Å². The van der Waals surface area contributed by atoms with Crippen LogP contribution in [0.15, 0.2) is 18.2 Å². The van der Waals surface area contributed by atoms with Crippen LogP contribution in [0.1, 0.15) is 25.0 Å². The monoisotopic (exact) mass is 280 g/mol. The number of hydrogen-bond donors (Lipinski definition) is 1. The lowest BCUT2D eigenvalue weighted by atomic mass is 9.85. The molecule has 0 bridgehead atoms. The van der Waals surface area contributed by atoms with E-state index in [-0.39, 0.29) is 11.4 Å². The highest BCUT2D eigenvalue weighted by Crippen LogP contribution is 2.34. The summed E-state index contributed by atoms with van der Waals surface area (Å²) in [7, 11) is 0. The largest absolute Gasteiger partial charge is 0.481 e. The van der Waals surface area contributed by atoms with Crippen LogP contribution in [-0.2, 0) is 17.4 Å². The van der Waals surface area contributed by atoms with Gasteiger partial charge in [0.15, 0.2) is 0 Å². The smallest absolute Gasteiger partial charge is 0.416 e. The summed E-state index contributed by atoms with van der Waals surface area (Å²) in [5.41, 5.74) is -1.54. The van der Waals surface area contributed by atoms with Crippen molar-refractivity contribution in [3.05, 3.63) is 34.3 Å². The molecule has 1 aromatic rings. The van der Waals surface area contributed by atoms with Gasteiger partial charge in [0, 0.05) is 5.02 Å². The quantitative estimate of drug-likeness (QED) is 0.908. The second-order valence-electron chi connectivity index (χ2n) is 4.67. The molecule has 0 amide bonds. The first-order valence-corrected chi connectivity index (χ1v) is 5.51. The molecule has 0 atom stereocenters. The van der Waals surface area contributed by atoms with Gasteiger partial charge in [-0.05, 0) is 38.0 Å². The van der Waals surface area contributed by atoms with E-state index in [4.69, 9.17) is 16.7 Å². The third kappa shape index (κ3) is 3.38. The summed E-state index contributed by atoms with van der Waals surface area (Å²) in [6, 6.07) is 2.93. The number of halogens is 4. The molecule has 18 heavy (non-hydrogen) atoms. The molecule has 1 rings (SSSR count). The first-order valence-electron chi connectivity index (χ1n) is 5.13. The Labute approximate surface area is 107 Å². The van der Waals surface area contributed by atoms with Crippen LogP contribution in [0.3, 0.4) is 0 Å². The highest BCUT2D eigenvalue weighted by Gasteiger charge is 2.32. The summed E-state index contributed by atoms with van der Waals surface area (Å²) in [6.07, 6.45) is -4.39. The van der Waals surface area contributed by atoms with Crippen LogP contribution in [-0.4, -0.2) is 11.1 Å². The van der Waals surface area contributed by atoms with Crippen molar-refractivity contribution in [1.29, 1.82) is 0 Å². The van der Waals surface area contributed by atoms with Crippen LogP contribution >= 0.6 is 11.6 Å². The minimum Gasteiger partial charge on any atom is -0.481 e. The zero-order chi connectivity index (χ0) is 14.1. The van der Waals surface area contributed by atoms with Gasteiger partial charge in [0.2, 0.25) is 0 Å². The molecule has 0 aliphatic heterocycles. The minimum absolute atomic E-state index is 0.0688. The molecule has 0 aliphatic carbocycles. The van der Waals surface area contributed by atoms with Crippen LogP contribution in [0.5, 0.6) is 0 Å². The fourth-order valence-electron chi connectivity index (χ4n) is 1.42. The van der Waals surface area contributed by atoms with Crippen LogP contribution in [0, 0.1) is 5.41 Å². The average Bonchev–Trinajstić information content (AvgIpc) is 2.19. The van der Waals surface area contributed by atoms with E-state index in [0.29, 0.717) is 5.56 Å². The Balaban J connectivity index is 3.04. The molecule has 0 saturated carbocycles. The van der Waals surface area contributed by atoms with Crippen molar-refractivity contribution < 1.29 is 23.1 Å². The number of carboxylic acids is 1. The molecule has 0 fully saturated rings. The van der Waals surface area contributed by atoms with E-state index in [9.17, 15) is 18.0 Å². The van der Waals surface area contributed by atoms with E-state index in [2.05, 4.69) is 0 Å². The maximum Gasteiger partial charge on any atom is 0.416 e. The summed E-state index contributed by atoms with van der Waals surface area (Å²) in [6.45, 7) is 2.98. The van der Waals surface area contributed by atoms with Crippen LogP contribution in [0.2, 0.25) is 5.02 Å². The van der Waals surface area contributed by atoms with Crippen LogP contribution in [0.4, 0.5) is 13.2 Å². The summed E-state index contributed by atoms with van der Waals surface area (Å²) in [5, 5.41) is 8.88. The second-order valence-corrected chi connectivity index (χ2v) is 5.08. The minimum atomic E-state index is -4.45. The molecule has 6 heteroatoms. The first kappa shape index (κ1) is 14.8. The molecular weight excluding hydrogens is 269 g/mol. The molecule has 2 nitrogen and oxygen atoms in total. The van der Waals surface area contributed by atoms with Crippen molar-refractivity contribution in [2.24, 2.45) is 5.41 Å². The van der Waals surface area contributed by atoms with Crippen molar-refractivity contribution in [3.8, 4) is 0 Å². The first-order chi connectivity index (χ1) is 8.04. The van der Waals surface area contributed by atoms with Crippen LogP contribution < -0.4 is 0 Å². The number of alkyl halides is 3. The fraction of sp³-hybridized carbons (Fsp3) is 0.417. The molecular formula is C12H12ClF3O2. The number of hydrogen-bond acceptors (Lipinski definition) is 1. The van der Waals surface area contributed by atoms with E-state index >= 15 is 0 Å². The molecule has 0 saturated heterocycles. The highest BCUT2D eigenvalue weighted by atomic mass is 35.5. The summed E-state index contributed by atoms with van der Waals surface area (Å²) >= 11 is 5.75. The lowest BCUT2D eigenvalue weighted by Crippen LogP contribution is -2.26. The van der Waals surface area contributed by atoms with E-state index < -0.39 is 23.1 Å². The van der Waals surface area contributed by atoms with Crippen molar-refractivity contribution in [2.45, 2.75) is 26.4 Å².